The number of hydrogen-bond acceptors (Lipinski definition) is 3. The maximum atomic E-state index is 12.0. The second-order valence-corrected chi connectivity index (χ2v) is 6.66. The van der Waals surface area contributed by atoms with E-state index in [0.717, 1.165) is 43.7 Å². The minimum Gasteiger partial charge on any atom is -0.355 e. The molecule has 0 saturated carbocycles. The summed E-state index contributed by atoms with van der Waals surface area (Å²) in [4.78, 5) is 12.0. The SMILES string of the molecule is Cc1[nH]ncc1CCCNC(=O)C1(C)CCCS1. The first kappa shape index (κ1) is 13.5. The number of aromatic nitrogens is 2. The molecule has 0 radical (unpaired) electrons. The van der Waals surface area contributed by atoms with Crippen LogP contribution < -0.4 is 5.32 Å². The quantitative estimate of drug-likeness (QED) is 0.803. The summed E-state index contributed by atoms with van der Waals surface area (Å²) in [6.07, 6.45) is 5.96. The number of carbonyl (C=O) groups excluding carboxylic acids is 1. The van der Waals surface area contributed by atoms with Crippen LogP contribution in [0.2, 0.25) is 0 Å². The standard InChI is InChI=1S/C13H21N3OS/c1-10-11(9-15-16-10)5-3-7-14-12(17)13(2)6-4-8-18-13/h9H,3-8H2,1-2H3,(H,14,17)(H,15,16). The molecular formula is C13H21N3OS. The van der Waals surface area contributed by atoms with Crippen molar-refractivity contribution in [2.75, 3.05) is 12.3 Å². The summed E-state index contributed by atoms with van der Waals surface area (Å²) >= 11 is 1.78. The third-order valence-corrected chi connectivity index (χ3v) is 5.06. The van der Waals surface area contributed by atoms with Crippen molar-refractivity contribution >= 4 is 17.7 Å². The minimum atomic E-state index is -0.189. The van der Waals surface area contributed by atoms with Gasteiger partial charge in [0.05, 0.1) is 10.9 Å². The Hall–Kier alpha value is -0.970. The van der Waals surface area contributed by atoms with Crippen LogP contribution in [0.5, 0.6) is 0 Å². The van der Waals surface area contributed by atoms with Crippen LogP contribution in [-0.2, 0) is 11.2 Å². The molecule has 1 unspecified atom stereocenters. The summed E-state index contributed by atoms with van der Waals surface area (Å²) in [5.41, 5.74) is 2.37. The fraction of sp³-hybridized carbons (Fsp3) is 0.692. The molecule has 1 aromatic rings. The Morgan fingerprint density at radius 2 is 2.50 bits per heavy atom. The number of thioether (sulfide) groups is 1. The molecule has 0 aromatic carbocycles. The van der Waals surface area contributed by atoms with Gasteiger partial charge < -0.3 is 5.32 Å². The maximum Gasteiger partial charge on any atom is 0.235 e. The first-order valence-corrected chi connectivity index (χ1v) is 7.51. The van der Waals surface area contributed by atoms with Gasteiger partial charge in [0, 0.05) is 12.2 Å². The molecule has 100 valence electrons. The fourth-order valence-electron chi connectivity index (χ4n) is 2.25. The summed E-state index contributed by atoms with van der Waals surface area (Å²) in [7, 11) is 0. The van der Waals surface area contributed by atoms with Crippen LogP contribution in [0.1, 0.15) is 37.4 Å². The summed E-state index contributed by atoms with van der Waals surface area (Å²) in [6.45, 7) is 4.83. The largest absolute Gasteiger partial charge is 0.355 e. The number of aryl methyl sites for hydroxylation is 2. The Morgan fingerprint density at radius 1 is 1.67 bits per heavy atom. The zero-order chi connectivity index (χ0) is 13.0. The Balaban J connectivity index is 1.69. The average molecular weight is 267 g/mol. The van der Waals surface area contributed by atoms with Gasteiger partial charge in [0.2, 0.25) is 5.91 Å². The molecule has 0 spiro atoms. The lowest BCUT2D eigenvalue weighted by Crippen LogP contribution is -2.40. The summed E-state index contributed by atoms with van der Waals surface area (Å²) in [6, 6.07) is 0. The van der Waals surface area contributed by atoms with E-state index in [1.54, 1.807) is 11.8 Å². The Bertz CT molecular complexity index is 410. The predicted molar refractivity (Wildman–Crippen MR) is 74.8 cm³/mol. The van der Waals surface area contributed by atoms with E-state index in [0.29, 0.717) is 0 Å². The highest BCUT2D eigenvalue weighted by Gasteiger charge is 2.36. The van der Waals surface area contributed by atoms with Crippen molar-refractivity contribution in [3.05, 3.63) is 17.5 Å². The van der Waals surface area contributed by atoms with Crippen LogP contribution in [0.4, 0.5) is 0 Å². The lowest BCUT2D eigenvalue weighted by Gasteiger charge is -2.21. The van der Waals surface area contributed by atoms with E-state index in [1.807, 2.05) is 13.1 Å². The van der Waals surface area contributed by atoms with Gasteiger partial charge in [-0.15, -0.1) is 11.8 Å². The highest BCUT2D eigenvalue weighted by Crippen LogP contribution is 2.37. The molecule has 1 atom stereocenters. The van der Waals surface area contributed by atoms with E-state index in [1.165, 1.54) is 5.56 Å². The molecule has 1 amide bonds. The second kappa shape index (κ2) is 5.78. The van der Waals surface area contributed by atoms with Crippen LogP contribution in [-0.4, -0.2) is 33.1 Å². The van der Waals surface area contributed by atoms with Gasteiger partial charge in [-0.3, -0.25) is 9.89 Å². The van der Waals surface area contributed by atoms with E-state index >= 15 is 0 Å². The summed E-state index contributed by atoms with van der Waals surface area (Å²) < 4.78 is -0.189. The molecular weight excluding hydrogens is 246 g/mol. The summed E-state index contributed by atoms with van der Waals surface area (Å²) in [5, 5.41) is 9.98. The molecule has 18 heavy (non-hydrogen) atoms. The van der Waals surface area contributed by atoms with Crippen molar-refractivity contribution in [1.82, 2.24) is 15.5 Å². The van der Waals surface area contributed by atoms with Gasteiger partial charge in [-0.2, -0.15) is 5.10 Å². The van der Waals surface area contributed by atoms with Crippen LogP contribution in [0.3, 0.4) is 0 Å². The van der Waals surface area contributed by atoms with Crippen molar-refractivity contribution in [3.63, 3.8) is 0 Å². The second-order valence-electron chi connectivity index (χ2n) is 5.06. The number of nitrogens with one attached hydrogen (secondary N) is 2. The van der Waals surface area contributed by atoms with Gasteiger partial charge >= 0.3 is 0 Å². The molecule has 1 saturated heterocycles. The van der Waals surface area contributed by atoms with Crippen molar-refractivity contribution in [1.29, 1.82) is 0 Å². The zero-order valence-electron chi connectivity index (χ0n) is 11.1. The molecule has 1 aromatic heterocycles. The highest BCUT2D eigenvalue weighted by molar-refractivity contribution is 8.01. The van der Waals surface area contributed by atoms with Crippen molar-refractivity contribution in [2.45, 2.75) is 44.3 Å². The van der Waals surface area contributed by atoms with Crippen molar-refractivity contribution in [3.8, 4) is 0 Å². The van der Waals surface area contributed by atoms with E-state index in [-0.39, 0.29) is 10.7 Å². The number of nitrogens with zero attached hydrogens (tertiary/aromatic N) is 1. The molecule has 0 bridgehead atoms. The third-order valence-electron chi connectivity index (χ3n) is 3.54. The monoisotopic (exact) mass is 267 g/mol. The molecule has 5 heteroatoms. The number of aromatic amines is 1. The van der Waals surface area contributed by atoms with Crippen molar-refractivity contribution in [2.24, 2.45) is 0 Å². The average Bonchev–Trinajstić information content (AvgIpc) is 2.95. The lowest BCUT2D eigenvalue weighted by molar-refractivity contribution is -0.123. The minimum absolute atomic E-state index is 0.189. The molecule has 2 heterocycles. The highest BCUT2D eigenvalue weighted by atomic mass is 32.2. The smallest absolute Gasteiger partial charge is 0.235 e. The number of hydrogen-bond donors (Lipinski definition) is 2. The van der Waals surface area contributed by atoms with Gasteiger partial charge in [-0.05, 0) is 50.8 Å². The summed E-state index contributed by atoms with van der Waals surface area (Å²) in [5.74, 6) is 1.31. The van der Waals surface area contributed by atoms with E-state index in [2.05, 4.69) is 22.4 Å². The molecule has 1 aliphatic rings. The van der Waals surface area contributed by atoms with Crippen LogP contribution in [0, 0.1) is 6.92 Å². The van der Waals surface area contributed by atoms with Gasteiger partial charge in [-0.1, -0.05) is 0 Å². The van der Waals surface area contributed by atoms with Crippen LogP contribution in [0.25, 0.3) is 0 Å². The van der Waals surface area contributed by atoms with Gasteiger partial charge in [-0.25, -0.2) is 0 Å². The first-order valence-electron chi connectivity index (χ1n) is 6.53. The maximum absolute atomic E-state index is 12.0. The first-order chi connectivity index (χ1) is 8.62. The van der Waals surface area contributed by atoms with E-state index < -0.39 is 0 Å². The number of carbonyl (C=O) groups is 1. The Labute approximate surface area is 112 Å². The zero-order valence-corrected chi connectivity index (χ0v) is 11.9. The van der Waals surface area contributed by atoms with E-state index in [9.17, 15) is 4.79 Å². The van der Waals surface area contributed by atoms with Crippen LogP contribution in [0.15, 0.2) is 6.20 Å². The number of amides is 1. The third kappa shape index (κ3) is 3.07. The topological polar surface area (TPSA) is 57.8 Å². The Kier molecular flexibility index (Phi) is 4.32. The number of rotatable bonds is 5. The van der Waals surface area contributed by atoms with Gasteiger partial charge in [0.15, 0.2) is 0 Å². The molecule has 2 rings (SSSR count). The predicted octanol–water partition coefficient (Wildman–Crippen LogP) is 2.05. The Morgan fingerprint density at radius 3 is 3.11 bits per heavy atom. The van der Waals surface area contributed by atoms with E-state index in [4.69, 9.17) is 0 Å². The molecule has 1 aliphatic heterocycles. The van der Waals surface area contributed by atoms with Gasteiger partial charge in [0.25, 0.3) is 0 Å². The lowest BCUT2D eigenvalue weighted by atomic mass is 10.0. The van der Waals surface area contributed by atoms with Crippen molar-refractivity contribution < 1.29 is 4.79 Å². The molecule has 4 nitrogen and oxygen atoms in total. The molecule has 2 N–H and O–H groups in total. The molecule has 1 fully saturated rings. The fourth-order valence-corrected chi connectivity index (χ4v) is 3.48. The number of H-pyrrole nitrogens is 1. The molecule has 0 aliphatic carbocycles. The van der Waals surface area contributed by atoms with Crippen LogP contribution >= 0.6 is 11.8 Å². The normalized spacial score (nSPS) is 23.2. The van der Waals surface area contributed by atoms with Gasteiger partial charge in [0.1, 0.15) is 0 Å².